The quantitative estimate of drug-likeness (QED) is 0.397. The second-order valence-corrected chi connectivity index (χ2v) is 9.25. The molecule has 0 amide bonds. The maximum Gasteiger partial charge on any atom is 0.303 e. The fraction of sp³-hybridized carbons (Fsp3) is 0.276. The molecule has 0 fully saturated rings. The minimum atomic E-state index is -0.814. The molecule has 4 rings (SSSR count). The van der Waals surface area contributed by atoms with Crippen molar-refractivity contribution in [1.82, 2.24) is 0 Å². The lowest BCUT2D eigenvalue weighted by molar-refractivity contribution is -0.136. The summed E-state index contributed by atoms with van der Waals surface area (Å²) in [7, 11) is 0. The number of carboxylic acid groups (broad SMARTS) is 1. The van der Waals surface area contributed by atoms with Crippen molar-refractivity contribution in [3.05, 3.63) is 95.3 Å². The van der Waals surface area contributed by atoms with Gasteiger partial charge in [-0.25, -0.2) is 4.39 Å². The van der Waals surface area contributed by atoms with Gasteiger partial charge in [-0.1, -0.05) is 62.4 Å². The smallest absolute Gasteiger partial charge is 0.303 e. The van der Waals surface area contributed by atoms with Crippen LogP contribution in [0, 0.1) is 11.2 Å². The van der Waals surface area contributed by atoms with Gasteiger partial charge in [0.05, 0.1) is 0 Å². The second-order valence-electron chi connectivity index (χ2n) is 9.25. The van der Waals surface area contributed by atoms with E-state index in [1.54, 1.807) is 6.07 Å². The van der Waals surface area contributed by atoms with Gasteiger partial charge < -0.3 is 9.84 Å². The van der Waals surface area contributed by atoms with Crippen LogP contribution in [0.5, 0.6) is 5.75 Å². The molecule has 1 N–H and O–H groups in total. The van der Waals surface area contributed by atoms with Crippen LogP contribution < -0.4 is 4.74 Å². The zero-order valence-corrected chi connectivity index (χ0v) is 19.1. The number of aliphatic carboxylic acids is 1. The molecule has 0 saturated carbocycles. The molecule has 3 nitrogen and oxygen atoms in total. The topological polar surface area (TPSA) is 46.5 Å². The normalized spacial score (nSPS) is 14.7. The third kappa shape index (κ3) is 5.51. The Balaban J connectivity index is 1.49. The first kappa shape index (κ1) is 22.8. The van der Waals surface area contributed by atoms with E-state index in [9.17, 15) is 9.18 Å². The summed E-state index contributed by atoms with van der Waals surface area (Å²) in [5.74, 6) is -0.448. The maximum absolute atomic E-state index is 14.0. The molecule has 0 spiro atoms. The molecule has 0 heterocycles. The number of aryl methyl sites for hydroxylation is 1. The van der Waals surface area contributed by atoms with Crippen molar-refractivity contribution in [1.29, 1.82) is 0 Å². The first-order valence-electron chi connectivity index (χ1n) is 11.4. The molecule has 0 bridgehead atoms. The van der Waals surface area contributed by atoms with E-state index in [-0.39, 0.29) is 24.3 Å². The summed E-state index contributed by atoms with van der Waals surface area (Å²) in [4.78, 5) is 10.7. The van der Waals surface area contributed by atoms with Crippen LogP contribution in [-0.4, -0.2) is 11.1 Å². The highest BCUT2D eigenvalue weighted by atomic mass is 19.1. The number of benzene rings is 3. The van der Waals surface area contributed by atoms with Gasteiger partial charge in [-0.05, 0) is 82.3 Å². The van der Waals surface area contributed by atoms with Gasteiger partial charge in [-0.3, -0.25) is 4.79 Å². The average Bonchev–Trinajstić information content (AvgIpc) is 3.16. The van der Waals surface area contributed by atoms with Crippen LogP contribution in [0.4, 0.5) is 4.39 Å². The highest BCUT2D eigenvalue weighted by Gasteiger charge is 2.28. The molecule has 0 unspecified atom stereocenters. The monoisotopic (exact) mass is 444 g/mol. The van der Waals surface area contributed by atoms with Gasteiger partial charge in [0, 0.05) is 6.42 Å². The fourth-order valence-corrected chi connectivity index (χ4v) is 4.45. The van der Waals surface area contributed by atoms with Crippen LogP contribution >= 0.6 is 0 Å². The maximum atomic E-state index is 14.0. The van der Waals surface area contributed by atoms with E-state index >= 15 is 0 Å². The summed E-state index contributed by atoms with van der Waals surface area (Å²) in [5, 5.41) is 8.82. The number of hydrogen-bond acceptors (Lipinski definition) is 2. The minimum Gasteiger partial charge on any atom is -0.489 e. The molecule has 33 heavy (non-hydrogen) atoms. The summed E-state index contributed by atoms with van der Waals surface area (Å²) in [5.41, 5.74) is 6.51. The molecule has 0 atom stereocenters. The van der Waals surface area contributed by atoms with Crippen LogP contribution in [0.15, 0.2) is 72.8 Å². The van der Waals surface area contributed by atoms with Gasteiger partial charge >= 0.3 is 5.97 Å². The molecule has 0 aliphatic heterocycles. The molecule has 3 aromatic rings. The number of rotatable bonds is 8. The van der Waals surface area contributed by atoms with Gasteiger partial charge in [0.2, 0.25) is 0 Å². The molecular weight excluding hydrogens is 415 g/mol. The Bertz CT molecular complexity index is 1160. The van der Waals surface area contributed by atoms with E-state index in [4.69, 9.17) is 9.84 Å². The van der Waals surface area contributed by atoms with Gasteiger partial charge in [-0.2, -0.15) is 0 Å². The van der Waals surface area contributed by atoms with Crippen LogP contribution in [0.25, 0.3) is 16.7 Å². The van der Waals surface area contributed by atoms with E-state index in [0.717, 1.165) is 28.7 Å². The molecule has 170 valence electrons. The van der Waals surface area contributed by atoms with Crippen LogP contribution in [0.3, 0.4) is 0 Å². The van der Waals surface area contributed by atoms with Crippen LogP contribution in [-0.2, 0) is 17.8 Å². The molecule has 0 saturated heterocycles. The predicted molar refractivity (Wildman–Crippen MR) is 130 cm³/mol. The molecule has 3 aromatic carbocycles. The summed E-state index contributed by atoms with van der Waals surface area (Å²) in [6.45, 7) is 4.81. The fourth-order valence-electron chi connectivity index (χ4n) is 4.45. The summed E-state index contributed by atoms with van der Waals surface area (Å²) in [6.07, 6.45) is 5.20. The highest BCUT2D eigenvalue weighted by molar-refractivity contribution is 5.75. The molecular formula is C29H29FO3. The van der Waals surface area contributed by atoms with Crippen LogP contribution in [0.2, 0.25) is 0 Å². The molecule has 0 aromatic heterocycles. The van der Waals surface area contributed by atoms with E-state index in [1.165, 1.54) is 29.7 Å². The van der Waals surface area contributed by atoms with Gasteiger partial charge in [-0.15, -0.1) is 0 Å². The zero-order chi connectivity index (χ0) is 23.4. The Hall–Kier alpha value is -3.40. The van der Waals surface area contributed by atoms with Crippen LogP contribution in [0.1, 0.15) is 49.8 Å². The average molecular weight is 445 g/mol. The molecule has 4 heteroatoms. The van der Waals surface area contributed by atoms with E-state index in [0.29, 0.717) is 12.2 Å². The third-order valence-electron chi connectivity index (χ3n) is 6.37. The largest absolute Gasteiger partial charge is 0.489 e. The van der Waals surface area contributed by atoms with Gasteiger partial charge in [0.15, 0.2) is 0 Å². The second kappa shape index (κ2) is 9.62. The Kier molecular flexibility index (Phi) is 6.64. The first-order valence-corrected chi connectivity index (χ1v) is 11.4. The standard InChI is InChI=1S/C29H29FO3/c1-29(2)17-3-4-27(29)22-10-8-21(9-11-22)26-15-12-24(30)18-23(26)19-33-25-13-5-20(6-14-25)7-16-28(31)32/h4-6,8-15,18H,3,7,16-17,19H2,1-2H3,(H,31,32). The summed E-state index contributed by atoms with van der Waals surface area (Å²) in [6, 6.07) is 20.7. The van der Waals surface area contributed by atoms with Crippen molar-refractivity contribution in [2.75, 3.05) is 0 Å². The van der Waals surface area contributed by atoms with Crippen molar-refractivity contribution in [3.8, 4) is 16.9 Å². The number of carbonyl (C=O) groups is 1. The Morgan fingerprint density at radius 1 is 1.00 bits per heavy atom. The molecule has 0 radical (unpaired) electrons. The van der Waals surface area contributed by atoms with Crippen molar-refractivity contribution in [2.24, 2.45) is 5.41 Å². The van der Waals surface area contributed by atoms with Crippen molar-refractivity contribution >= 4 is 11.5 Å². The number of halogens is 1. The third-order valence-corrected chi connectivity index (χ3v) is 6.37. The Morgan fingerprint density at radius 3 is 2.33 bits per heavy atom. The van der Waals surface area contributed by atoms with Gasteiger partial charge in [0.25, 0.3) is 0 Å². The minimum absolute atomic E-state index is 0.0976. The lowest BCUT2D eigenvalue weighted by atomic mass is 9.82. The number of allylic oxidation sites excluding steroid dienone is 2. The number of ether oxygens (including phenoxy) is 1. The molecule has 1 aliphatic rings. The van der Waals surface area contributed by atoms with E-state index in [2.05, 4.69) is 44.2 Å². The Morgan fingerprint density at radius 2 is 1.70 bits per heavy atom. The Labute approximate surface area is 194 Å². The lowest BCUT2D eigenvalue weighted by Gasteiger charge is -2.23. The highest BCUT2D eigenvalue weighted by Crippen LogP contribution is 2.44. The lowest BCUT2D eigenvalue weighted by Crippen LogP contribution is -2.08. The van der Waals surface area contributed by atoms with Crippen molar-refractivity contribution in [3.63, 3.8) is 0 Å². The number of hydrogen-bond donors (Lipinski definition) is 1. The first-order chi connectivity index (χ1) is 15.8. The van der Waals surface area contributed by atoms with Crippen molar-refractivity contribution < 1.29 is 19.0 Å². The summed E-state index contributed by atoms with van der Waals surface area (Å²) < 4.78 is 20.0. The summed E-state index contributed by atoms with van der Waals surface area (Å²) >= 11 is 0. The number of carboxylic acids is 1. The SMILES string of the molecule is CC1(C)CCC=C1c1ccc(-c2ccc(F)cc2COc2ccc(CCC(=O)O)cc2)cc1. The predicted octanol–water partition coefficient (Wildman–Crippen LogP) is 7.29. The van der Waals surface area contributed by atoms with Crippen molar-refractivity contribution in [2.45, 2.75) is 46.1 Å². The van der Waals surface area contributed by atoms with Gasteiger partial charge in [0.1, 0.15) is 18.2 Å². The van der Waals surface area contributed by atoms with E-state index < -0.39 is 5.97 Å². The zero-order valence-electron chi connectivity index (χ0n) is 19.1. The molecule has 1 aliphatic carbocycles. The van der Waals surface area contributed by atoms with E-state index in [1.807, 2.05) is 24.3 Å².